The lowest BCUT2D eigenvalue weighted by Gasteiger charge is -2.05. The van der Waals surface area contributed by atoms with E-state index in [4.69, 9.17) is 14.2 Å². The maximum atomic E-state index is 12.7. The predicted octanol–water partition coefficient (Wildman–Crippen LogP) is 5.56. The number of amides is 1. The number of thiazole rings is 1. The third-order valence-electron chi connectivity index (χ3n) is 5.11. The van der Waals surface area contributed by atoms with Gasteiger partial charge in [0.1, 0.15) is 22.1 Å². The summed E-state index contributed by atoms with van der Waals surface area (Å²) in [6.07, 6.45) is 0. The van der Waals surface area contributed by atoms with Crippen LogP contribution in [-0.2, 0) is 6.54 Å². The maximum Gasteiger partial charge on any atom is 0.251 e. The molecule has 1 N–H and O–H groups in total. The Balaban J connectivity index is 1.40. The van der Waals surface area contributed by atoms with Crippen LogP contribution in [0.5, 0.6) is 5.75 Å². The highest BCUT2D eigenvalue weighted by Crippen LogP contribution is 2.33. The molecular formula is C25H19N3O3S. The molecule has 0 saturated heterocycles. The summed E-state index contributed by atoms with van der Waals surface area (Å²) in [5.41, 5.74) is 4.52. The highest BCUT2D eigenvalue weighted by Gasteiger charge is 2.17. The van der Waals surface area contributed by atoms with Crippen molar-refractivity contribution in [2.45, 2.75) is 6.54 Å². The molecule has 0 radical (unpaired) electrons. The summed E-state index contributed by atoms with van der Waals surface area (Å²) in [5.74, 6) is 0.645. The van der Waals surface area contributed by atoms with Crippen molar-refractivity contribution in [3.8, 4) is 27.7 Å². The van der Waals surface area contributed by atoms with Gasteiger partial charge in [-0.3, -0.25) is 4.79 Å². The number of nitrogens with zero attached hydrogens (tertiary/aromatic N) is 2. The molecule has 0 unspecified atom stereocenters. The molecule has 6 nitrogen and oxygen atoms in total. The average molecular weight is 442 g/mol. The number of aromatic nitrogens is 2. The number of carbonyl (C=O) groups is 1. The molecule has 7 heteroatoms. The van der Waals surface area contributed by atoms with Crippen molar-refractivity contribution in [1.29, 1.82) is 0 Å². The van der Waals surface area contributed by atoms with Gasteiger partial charge in [-0.15, -0.1) is 11.3 Å². The number of hydrogen-bond donors (Lipinski definition) is 1. The lowest BCUT2D eigenvalue weighted by atomic mass is 10.1. The Morgan fingerprint density at radius 3 is 2.66 bits per heavy atom. The van der Waals surface area contributed by atoms with Crippen LogP contribution in [0.15, 0.2) is 82.7 Å². The summed E-state index contributed by atoms with van der Waals surface area (Å²) < 4.78 is 10.7. The molecule has 158 valence electrons. The highest BCUT2D eigenvalue weighted by atomic mass is 32.1. The summed E-state index contributed by atoms with van der Waals surface area (Å²) >= 11 is 1.53. The largest absolute Gasteiger partial charge is 0.497 e. The highest BCUT2D eigenvalue weighted by molar-refractivity contribution is 7.13. The molecule has 0 bridgehead atoms. The Labute approximate surface area is 188 Å². The third-order valence-corrected chi connectivity index (χ3v) is 6.00. The second-order valence-corrected chi connectivity index (χ2v) is 8.03. The van der Waals surface area contributed by atoms with Crippen LogP contribution in [0.2, 0.25) is 0 Å². The molecule has 2 aromatic heterocycles. The van der Waals surface area contributed by atoms with E-state index < -0.39 is 0 Å². The third kappa shape index (κ3) is 3.98. The molecule has 0 aliphatic heterocycles. The van der Waals surface area contributed by atoms with Gasteiger partial charge in [-0.25, -0.2) is 4.98 Å². The van der Waals surface area contributed by atoms with Gasteiger partial charge in [-0.1, -0.05) is 35.5 Å². The summed E-state index contributed by atoms with van der Waals surface area (Å²) in [7, 11) is 1.64. The van der Waals surface area contributed by atoms with E-state index in [1.54, 1.807) is 25.3 Å². The minimum atomic E-state index is -0.153. The fourth-order valence-electron chi connectivity index (χ4n) is 3.39. The number of carbonyl (C=O) groups excluding carboxylic acids is 1. The SMILES string of the molecule is COc1ccc(-c2nc(-c3noc4ccc(C(=O)NCc5ccccc5)cc34)cs2)cc1. The smallest absolute Gasteiger partial charge is 0.251 e. The number of nitrogens with one attached hydrogen (secondary N) is 1. The molecule has 0 spiro atoms. The van der Waals surface area contributed by atoms with Crippen LogP contribution in [0, 0.1) is 0 Å². The van der Waals surface area contributed by atoms with E-state index in [0.29, 0.717) is 29.1 Å². The van der Waals surface area contributed by atoms with Gasteiger partial charge in [-0.05, 0) is 48.0 Å². The summed E-state index contributed by atoms with van der Waals surface area (Å²) in [4.78, 5) is 17.4. The molecule has 0 saturated carbocycles. The van der Waals surface area contributed by atoms with E-state index in [1.807, 2.05) is 60.0 Å². The Morgan fingerprint density at radius 1 is 1.06 bits per heavy atom. The first kappa shape index (κ1) is 20.0. The van der Waals surface area contributed by atoms with Gasteiger partial charge in [0.25, 0.3) is 5.91 Å². The zero-order valence-corrected chi connectivity index (χ0v) is 18.1. The minimum Gasteiger partial charge on any atom is -0.497 e. The van der Waals surface area contributed by atoms with Crippen LogP contribution in [-0.4, -0.2) is 23.2 Å². The standard InChI is InChI=1S/C25H19N3O3S/c1-30-19-10-7-17(8-11-19)25-27-21(15-32-25)23-20-13-18(9-12-22(20)31-28-23)24(29)26-14-16-5-3-2-4-6-16/h2-13,15H,14H2,1H3,(H,26,29). The Morgan fingerprint density at radius 2 is 1.88 bits per heavy atom. The molecule has 5 aromatic rings. The molecule has 2 heterocycles. The predicted molar refractivity (Wildman–Crippen MR) is 125 cm³/mol. The van der Waals surface area contributed by atoms with Gasteiger partial charge < -0.3 is 14.6 Å². The van der Waals surface area contributed by atoms with E-state index in [1.165, 1.54) is 11.3 Å². The van der Waals surface area contributed by atoms with Crippen molar-refractivity contribution >= 4 is 28.2 Å². The first-order valence-electron chi connectivity index (χ1n) is 10.0. The number of hydrogen-bond acceptors (Lipinski definition) is 6. The normalized spacial score (nSPS) is 10.9. The van der Waals surface area contributed by atoms with E-state index in [0.717, 1.165) is 27.3 Å². The molecule has 1 amide bonds. The van der Waals surface area contributed by atoms with E-state index in [9.17, 15) is 4.79 Å². The fourth-order valence-corrected chi connectivity index (χ4v) is 4.20. The van der Waals surface area contributed by atoms with Gasteiger partial charge in [0.2, 0.25) is 0 Å². The van der Waals surface area contributed by atoms with Gasteiger partial charge in [0, 0.05) is 23.1 Å². The molecule has 3 aromatic carbocycles. The van der Waals surface area contributed by atoms with Gasteiger partial charge >= 0.3 is 0 Å². The van der Waals surface area contributed by atoms with Gasteiger partial charge in [0.05, 0.1) is 12.5 Å². The van der Waals surface area contributed by atoms with Crippen LogP contribution in [0.4, 0.5) is 0 Å². The van der Waals surface area contributed by atoms with Crippen LogP contribution < -0.4 is 10.1 Å². The fraction of sp³-hybridized carbons (Fsp3) is 0.0800. The number of methoxy groups -OCH3 is 1. The van der Waals surface area contributed by atoms with Crippen LogP contribution >= 0.6 is 11.3 Å². The first-order chi connectivity index (χ1) is 15.7. The maximum absolute atomic E-state index is 12.7. The van der Waals surface area contributed by atoms with Crippen molar-refractivity contribution in [2.24, 2.45) is 0 Å². The zero-order chi connectivity index (χ0) is 21.9. The second kappa shape index (κ2) is 8.64. The molecule has 0 atom stereocenters. The van der Waals surface area contributed by atoms with Gasteiger partial charge in [-0.2, -0.15) is 0 Å². The molecule has 32 heavy (non-hydrogen) atoms. The number of fused-ring (bicyclic) bond motifs is 1. The Bertz CT molecular complexity index is 1370. The van der Waals surface area contributed by atoms with Crippen molar-refractivity contribution in [3.05, 3.63) is 89.3 Å². The molecule has 0 fully saturated rings. The minimum absolute atomic E-state index is 0.153. The van der Waals surface area contributed by atoms with Crippen LogP contribution in [0.25, 0.3) is 32.9 Å². The number of rotatable bonds is 6. The Kier molecular flexibility index (Phi) is 5.39. The number of ether oxygens (including phenoxy) is 1. The topological polar surface area (TPSA) is 77.2 Å². The van der Waals surface area contributed by atoms with E-state index in [2.05, 4.69) is 10.5 Å². The summed E-state index contributed by atoms with van der Waals surface area (Å²) in [6, 6.07) is 22.9. The molecule has 0 aliphatic carbocycles. The average Bonchev–Trinajstić information content (AvgIpc) is 3.50. The first-order valence-corrected chi connectivity index (χ1v) is 10.9. The van der Waals surface area contributed by atoms with Crippen molar-refractivity contribution in [2.75, 3.05) is 7.11 Å². The van der Waals surface area contributed by atoms with E-state index >= 15 is 0 Å². The molecule has 0 aliphatic rings. The zero-order valence-electron chi connectivity index (χ0n) is 17.2. The molecule has 5 rings (SSSR count). The lowest BCUT2D eigenvalue weighted by molar-refractivity contribution is 0.0951. The van der Waals surface area contributed by atoms with Gasteiger partial charge in [0.15, 0.2) is 5.58 Å². The second-order valence-electron chi connectivity index (χ2n) is 7.18. The van der Waals surface area contributed by atoms with Crippen LogP contribution in [0.3, 0.4) is 0 Å². The van der Waals surface area contributed by atoms with Crippen molar-refractivity contribution in [3.63, 3.8) is 0 Å². The lowest BCUT2D eigenvalue weighted by Crippen LogP contribution is -2.22. The quantitative estimate of drug-likeness (QED) is 0.373. The number of benzene rings is 3. The monoisotopic (exact) mass is 441 g/mol. The van der Waals surface area contributed by atoms with E-state index in [-0.39, 0.29) is 5.91 Å². The van der Waals surface area contributed by atoms with Crippen molar-refractivity contribution < 1.29 is 14.1 Å². The van der Waals surface area contributed by atoms with Crippen molar-refractivity contribution in [1.82, 2.24) is 15.5 Å². The summed E-state index contributed by atoms with van der Waals surface area (Å²) in [5, 5.41) is 10.7. The summed E-state index contributed by atoms with van der Waals surface area (Å²) in [6.45, 7) is 0.464. The Hall–Kier alpha value is -3.97. The molecular weight excluding hydrogens is 422 g/mol. The van der Waals surface area contributed by atoms with Crippen LogP contribution in [0.1, 0.15) is 15.9 Å².